The predicted molar refractivity (Wildman–Crippen MR) is 105 cm³/mol. The maximum absolute atomic E-state index is 13.6. The summed E-state index contributed by atoms with van der Waals surface area (Å²) in [5, 5.41) is 6.67. The van der Waals surface area contributed by atoms with Crippen LogP contribution in [-0.2, 0) is 13.0 Å². The Bertz CT molecular complexity index is 915. The van der Waals surface area contributed by atoms with E-state index >= 15 is 0 Å². The zero-order valence-electron chi connectivity index (χ0n) is 14.6. The van der Waals surface area contributed by atoms with Crippen molar-refractivity contribution in [1.29, 1.82) is 0 Å². The minimum atomic E-state index is -0.260. The molecular formula is C21H19ClFN3O. The van der Waals surface area contributed by atoms with E-state index in [9.17, 15) is 9.18 Å². The summed E-state index contributed by atoms with van der Waals surface area (Å²) in [6.07, 6.45) is 2.02. The third kappa shape index (κ3) is 5.53. The molecule has 0 aliphatic rings. The fourth-order valence-corrected chi connectivity index (χ4v) is 2.70. The Hall–Kier alpha value is -2.92. The van der Waals surface area contributed by atoms with Gasteiger partial charge in [0.1, 0.15) is 11.6 Å². The fourth-order valence-electron chi connectivity index (χ4n) is 2.58. The van der Waals surface area contributed by atoms with Gasteiger partial charge >= 0.3 is 0 Å². The minimum Gasteiger partial charge on any atom is -0.366 e. The molecule has 4 nitrogen and oxygen atoms in total. The van der Waals surface area contributed by atoms with Crippen LogP contribution in [0.1, 0.15) is 21.5 Å². The molecule has 27 heavy (non-hydrogen) atoms. The predicted octanol–water partition coefficient (Wildman–Crippen LogP) is 4.46. The number of benzene rings is 2. The molecule has 0 atom stereocenters. The highest BCUT2D eigenvalue weighted by Crippen LogP contribution is 2.12. The molecule has 3 rings (SSSR count). The van der Waals surface area contributed by atoms with Crippen molar-refractivity contribution < 1.29 is 9.18 Å². The molecular weight excluding hydrogens is 365 g/mol. The molecule has 0 saturated heterocycles. The third-order valence-electron chi connectivity index (χ3n) is 4.05. The summed E-state index contributed by atoms with van der Waals surface area (Å²) in [6.45, 7) is 0.929. The van der Waals surface area contributed by atoms with E-state index in [1.165, 1.54) is 6.07 Å². The number of nitrogens with zero attached hydrogens (tertiary/aromatic N) is 1. The van der Waals surface area contributed by atoms with E-state index in [-0.39, 0.29) is 11.7 Å². The number of amides is 1. The van der Waals surface area contributed by atoms with Gasteiger partial charge in [0.15, 0.2) is 0 Å². The van der Waals surface area contributed by atoms with E-state index in [2.05, 4.69) is 15.6 Å². The van der Waals surface area contributed by atoms with E-state index in [4.69, 9.17) is 11.6 Å². The average Bonchev–Trinajstić information content (AvgIpc) is 2.69. The number of hydrogen-bond donors (Lipinski definition) is 2. The smallest absolute Gasteiger partial charge is 0.251 e. The number of rotatable bonds is 7. The molecule has 2 N–H and O–H groups in total. The van der Waals surface area contributed by atoms with Crippen LogP contribution in [0.5, 0.6) is 0 Å². The Morgan fingerprint density at radius 1 is 1.07 bits per heavy atom. The Balaban J connectivity index is 1.53. The minimum absolute atomic E-state index is 0.219. The maximum Gasteiger partial charge on any atom is 0.251 e. The first-order chi connectivity index (χ1) is 13.1. The van der Waals surface area contributed by atoms with Crippen molar-refractivity contribution in [2.24, 2.45) is 0 Å². The number of carbonyl (C=O) groups excluding carboxylic acids is 1. The molecule has 0 aliphatic heterocycles. The van der Waals surface area contributed by atoms with Gasteiger partial charge in [-0.1, -0.05) is 41.9 Å². The highest BCUT2D eigenvalue weighted by molar-refractivity contribution is 6.30. The molecule has 1 aromatic heterocycles. The van der Waals surface area contributed by atoms with Crippen LogP contribution >= 0.6 is 11.6 Å². The quantitative estimate of drug-likeness (QED) is 0.633. The van der Waals surface area contributed by atoms with Crippen molar-refractivity contribution in [2.45, 2.75) is 13.0 Å². The molecule has 0 saturated carbocycles. The summed E-state index contributed by atoms with van der Waals surface area (Å²) in [5.41, 5.74) is 2.14. The van der Waals surface area contributed by atoms with Crippen molar-refractivity contribution in [1.82, 2.24) is 10.3 Å². The lowest BCUT2D eigenvalue weighted by Gasteiger charge is -2.09. The van der Waals surface area contributed by atoms with Crippen LogP contribution in [0.3, 0.4) is 0 Å². The Labute approximate surface area is 162 Å². The second-order valence-electron chi connectivity index (χ2n) is 6.01. The zero-order valence-corrected chi connectivity index (χ0v) is 15.3. The summed E-state index contributed by atoms with van der Waals surface area (Å²) in [7, 11) is 0. The van der Waals surface area contributed by atoms with Gasteiger partial charge in [-0.15, -0.1) is 0 Å². The standard InChI is InChI=1S/C21H19ClFN3O/c22-18-7-5-15(6-8-18)14-26-20-13-17(10-11-24-20)21(27)25-12-9-16-3-1-2-4-19(16)23/h1-8,10-11,13H,9,12,14H2,(H,24,26)(H,25,27). The second kappa shape index (κ2) is 9.14. The molecule has 0 aliphatic carbocycles. The number of halogens is 2. The van der Waals surface area contributed by atoms with Gasteiger partial charge in [-0.25, -0.2) is 9.37 Å². The van der Waals surface area contributed by atoms with E-state index in [1.54, 1.807) is 36.5 Å². The summed E-state index contributed by atoms with van der Waals surface area (Å²) < 4.78 is 13.6. The maximum atomic E-state index is 13.6. The number of hydrogen-bond acceptors (Lipinski definition) is 3. The molecule has 3 aromatic rings. The van der Waals surface area contributed by atoms with E-state index < -0.39 is 0 Å². The summed E-state index contributed by atoms with van der Waals surface area (Å²) >= 11 is 5.88. The molecule has 138 valence electrons. The van der Waals surface area contributed by atoms with E-state index in [0.717, 1.165) is 5.56 Å². The lowest BCUT2D eigenvalue weighted by Crippen LogP contribution is -2.26. The molecule has 1 amide bonds. The molecule has 1 heterocycles. The lowest BCUT2D eigenvalue weighted by molar-refractivity contribution is 0.0954. The first-order valence-electron chi connectivity index (χ1n) is 8.58. The molecule has 2 aromatic carbocycles. The number of carbonyl (C=O) groups is 1. The van der Waals surface area contributed by atoms with Crippen molar-refractivity contribution in [3.8, 4) is 0 Å². The second-order valence-corrected chi connectivity index (χ2v) is 6.44. The van der Waals surface area contributed by atoms with Crippen molar-refractivity contribution in [3.63, 3.8) is 0 Å². The number of pyridine rings is 1. The van der Waals surface area contributed by atoms with Crippen molar-refractivity contribution in [3.05, 3.63) is 94.4 Å². The molecule has 0 bridgehead atoms. The summed E-state index contributed by atoms with van der Waals surface area (Å²) in [6, 6.07) is 17.4. The monoisotopic (exact) mass is 383 g/mol. The Morgan fingerprint density at radius 2 is 1.85 bits per heavy atom. The molecule has 0 radical (unpaired) electrons. The van der Waals surface area contributed by atoms with Crippen LogP contribution in [0.15, 0.2) is 66.9 Å². The number of nitrogens with one attached hydrogen (secondary N) is 2. The van der Waals surface area contributed by atoms with Gasteiger partial charge in [-0.3, -0.25) is 4.79 Å². The first-order valence-corrected chi connectivity index (χ1v) is 8.95. The number of aromatic nitrogens is 1. The Kier molecular flexibility index (Phi) is 6.39. The normalized spacial score (nSPS) is 10.4. The molecule has 0 fully saturated rings. The van der Waals surface area contributed by atoms with Gasteiger partial charge in [-0.2, -0.15) is 0 Å². The lowest BCUT2D eigenvalue weighted by atomic mass is 10.1. The largest absolute Gasteiger partial charge is 0.366 e. The van der Waals surface area contributed by atoms with Crippen LogP contribution in [-0.4, -0.2) is 17.4 Å². The Morgan fingerprint density at radius 3 is 2.63 bits per heavy atom. The van der Waals surface area contributed by atoms with E-state index in [0.29, 0.717) is 41.5 Å². The highest BCUT2D eigenvalue weighted by Gasteiger charge is 2.07. The van der Waals surface area contributed by atoms with Gasteiger partial charge in [0.05, 0.1) is 0 Å². The van der Waals surface area contributed by atoms with Gasteiger partial charge in [0, 0.05) is 29.9 Å². The van der Waals surface area contributed by atoms with Crippen LogP contribution in [0.4, 0.5) is 10.2 Å². The first kappa shape index (κ1) is 18.9. The molecule has 0 unspecified atom stereocenters. The third-order valence-corrected chi connectivity index (χ3v) is 4.30. The zero-order chi connectivity index (χ0) is 19.1. The van der Waals surface area contributed by atoms with Gasteiger partial charge < -0.3 is 10.6 Å². The topological polar surface area (TPSA) is 54.0 Å². The summed E-state index contributed by atoms with van der Waals surface area (Å²) in [4.78, 5) is 16.5. The SMILES string of the molecule is O=C(NCCc1ccccc1F)c1ccnc(NCc2ccc(Cl)cc2)c1. The van der Waals surface area contributed by atoms with Crippen LogP contribution in [0.2, 0.25) is 5.02 Å². The molecule has 0 spiro atoms. The summed E-state index contributed by atoms with van der Waals surface area (Å²) in [5.74, 6) is 0.124. The molecule has 6 heteroatoms. The van der Waals surface area contributed by atoms with Crippen molar-refractivity contribution in [2.75, 3.05) is 11.9 Å². The highest BCUT2D eigenvalue weighted by atomic mass is 35.5. The number of anilines is 1. The van der Waals surface area contributed by atoms with Gasteiger partial charge in [0.25, 0.3) is 5.91 Å². The van der Waals surface area contributed by atoms with Crippen LogP contribution in [0.25, 0.3) is 0 Å². The van der Waals surface area contributed by atoms with Crippen LogP contribution < -0.4 is 10.6 Å². The van der Waals surface area contributed by atoms with E-state index in [1.807, 2.05) is 24.3 Å². The van der Waals surface area contributed by atoms with Crippen molar-refractivity contribution >= 4 is 23.3 Å². The fraction of sp³-hybridized carbons (Fsp3) is 0.143. The van der Waals surface area contributed by atoms with Crippen LogP contribution in [0, 0.1) is 5.82 Å². The average molecular weight is 384 g/mol. The van der Waals surface area contributed by atoms with Gasteiger partial charge in [-0.05, 0) is 47.9 Å². The van der Waals surface area contributed by atoms with Gasteiger partial charge in [0.2, 0.25) is 0 Å².